The Labute approximate surface area is 131 Å². The molecule has 0 aromatic heterocycles. The molecule has 1 atom stereocenters. The first-order valence-corrected chi connectivity index (χ1v) is 8.85. The van der Waals surface area contributed by atoms with Crippen LogP contribution in [0.15, 0.2) is 35.3 Å². The molecule has 1 spiro atoms. The molecule has 0 aliphatic carbocycles. The van der Waals surface area contributed by atoms with Crippen molar-refractivity contribution in [3.63, 3.8) is 0 Å². The van der Waals surface area contributed by atoms with Crippen LogP contribution in [0.4, 0.5) is 0 Å². The summed E-state index contributed by atoms with van der Waals surface area (Å²) in [5.41, 5.74) is 1.65. The van der Waals surface area contributed by atoms with Crippen molar-refractivity contribution in [2.75, 3.05) is 19.0 Å². The highest BCUT2D eigenvalue weighted by atomic mass is 32.2. The number of amidine groups is 1. The molecule has 114 valence electrons. The van der Waals surface area contributed by atoms with Crippen LogP contribution in [0.25, 0.3) is 0 Å². The number of hydrogen-bond donors (Lipinski definition) is 1. The van der Waals surface area contributed by atoms with Gasteiger partial charge in [-0.3, -0.25) is 4.99 Å². The number of aliphatic imine (C=N–C) groups is 1. The molecule has 2 heterocycles. The van der Waals surface area contributed by atoms with E-state index >= 15 is 0 Å². The Balaban J connectivity index is 1.51. The summed E-state index contributed by atoms with van der Waals surface area (Å²) >= 11 is 1.88. The van der Waals surface area contributed by atoms with Crippen molar-refractivity contribution in [3.8, 4) is 0 Å². The molecule has 1 N–H and O–H groups in total. The van der Waals surface area contributed by atoms with E-state index in [1.54, 1.807) is 0 Å². The second-order valence-electron chi connectivity index (χ2n) is 6.11. The minimum atomic E-state index is 0.251. The van der Waals surface area contributed by atoms with E-state index in [-0.39, 0.29) is 5.54 Å². The van der Waals surface area contributed by atoms with Crippen molar-refractivity contribution in [3.05, 3.63) is 35.9 Å². The van der Waals surface area contributed by atoms with Gasteiger partial charge in [0.15, 0.2) is 5.17 Å². The lowest BCUT2D eigenvalue weighted by Gasteiger charge is -2.32. The van der Waals surface area contributed by atoms with Gasteiger partial charge in [0.25, 0.3) is 0 Å². The third-order valence-corrected chi connectivity index (χ3v) is 5.52. The van der Waals surface area contributed by atoms with E-state index in [9.17, 15) is 0 Å². The topological polar surface area (TPSA) is 33.6 Å². The van der Waals surface area contributed by atoms with E-state index in [1.807, 2.05) is 11.8 Å². The van der Waals surface area contributed by atoms with Crippen LogP contribution >= 0.6 is 11.8 Å². The number of rotatable bonds is 4. The Morgan fingerprint density at radius 3 is 2.81 bits per heavy atom. The second kappa shape index (κ2) is 6.84. The van der Waals surface area contributed by atoms with Gasteiger partial charge in [-0.15, -0.1) is 0 Å². The van der Waals surface area contributed by atoms with Gasteiger partial charge in [-0.2, -0.15) is 0 Å². The largest absolute Gasteiger partial charge is 0.381 e. The van der Waals surface area contributed by atoms with Gasteiger partial charge >= 0.3 is 0 Å². The van der Waals surface area contributed by atoms with Gasteiger partial charge in [0, 0.05) is 19.0 Å². The molecular weight excluding hydrogens is 280 g/mol. The predicted octanol–water partition coefficient (Wildman–Crippen LogP) is 3.25. The number of thioether (sulfide) groups is 1. The van der Waals surface area contributed by atoms with Crippen LogP contribution in [-0.4, -0.2) is 35.7 Å². The standard InChI is InChI=1S/C17H24N2OS/c1-14(7-8-15-5-3-2-4-6-15)18-16-19-17(13-21-16)9-11-20-12-10-17/h2-6,14H,7-13H2,1H3,(H,18,19). The molecule has 2 saturated heterocycles. The smallest absolute Gasteiger partial charge is 0.157 e. The summed E-state index contributed by atoms with van der Waals surface area (Å²) in [7, 11) is 0. The van der Waals surface area contributed by atoms with Gasteiger partial charge in [-0.25, -0.2) is 0 Å². The minimum Gasteiger partial charge on any atom is -0.381 e. The lowest BCUT2D eigenvalue weighted by molar-refractivity contribution is 0.0555. The molecule has 2 aliphatic heterocycles. The Kier molecular flexibility index (Phi) is 4.86. The normalized spacial score (nSPS) is 24.1. The van der Waals surface area contributed by atoms with Gasteiger partial charge in [0.2, 0.25) is 0 Å². The maximum absolute atomic E-state index is 5.47. The fourth-order valence-corrected chi connectivity index (χ4v) is 4.21. The molecule has 2 fully saturated rings. The van der Waals surface area contributed by atoms with E-state index in [1.165, 1.54) is 5.56 Å². The molecule has 3 nitrogen and oxygen atoms in total. The highest BCUT2D eigenvalue weighted by Gasteiger charge is 2.38. The first kappa shape index (κ1) is 14.9. The van der Waals surface area contributed by atoms with Crippen LogP contribution in [0.3, 0.4) is 0 Å². The van der Waals surface area contributed by atoms with Crippen molar-refractivity contribution in [1.29, 1.82) is 0 Å². The van der Waals surface area contributed by atoms with Crippen LogP contribution in [0, 0.1) is 0 Å². The van der Waals surface area contributed by atoms with Crippen molar-refractivity contribution in [2.24, 2.45) is 4.99 Å². The van der Waals surface area contributed by atoms with Crippen molar-refractivity contribution in [1.82, 2.24) is 5.32 Å². The van der Waals surface area contributed by atoms with Crippen molar-refractivity contribution < 1.29 is 4.74 Å². The molecule has 1 aromatic rings. The third-order valence-electron chi connectivity index (χ3n) is 4.34. The lowest BCUT2D eigenvalue weighted by atomic mass is 9.93. The molecule has 3 rings (SSSR count). The van der Waals surface area contributed by atoms with Gasteiger partial charge in [0.1, 0.15) is 0 Å². The summed E-state index contributed by atoms with van der Waals surface area (Å²) in [5, 5.41) is 4.80. The van der Waals surface area contributed by atoms with Gasteiger partial charge < -0.3 is 10.1 Å². The summed E-state index contributed by atoms with van der Waals surface area (Å²) in [6.07, 6.45) is 4.42. The van der Waals surface area contributed by atoms with Crippen molar-refractivity contribution >= 4 is 16.9 Å². The third kappa shape index (κ3) is 4.01. The number of nitrogens with one attached hydrogen (secondary N) is 1. The van der Waals surface area contributed by atoms with E-state index in [2.05, 4.69) is 42.6 Å². The number of benzene rings is 1. The van der Waals surface area contributed by atoms with E-state index in [0.29, 0.717) is 6.04 Å². The highest BCUT2D eigenvalue weighted by molar-refractivity contribution is 8.14. The maximum atomic E-state index is 5.47. The summed E-state index contributed by atoms with van der Waals surface area (Å²) in [5.74, 6) is 1.14. The van der Waals surface area contributed by atoms with Crippen molar-refractivity contribution in [2.45, 2.75) is 44.2 Å². The fraction of sp³-hybridized carbons (Fsp3) is 0.588. The van der Waals surface area contributed by atoms with Crippen LogP contribution in [0.5, 0.6) is 0 Å². The molecule has 21 heavy (non-hydrogen) atoms. The summed E-state index contributed by atoms with van der Waals surface area (Å²) < 4.78 is 5.47. The molecule has 1 unspecified atom stereocenters. The summed E-state index contributed by atoms with van der Waals surface area (Å²) in [6.45, 7) is 3.97. The Morgan fingerprint density at radius 2 is 2.05 bits per heavy atom. The summed E-state index contributed by atoms with van der Waals surface area (Å²) in [4.78, 5) is 4.87. The number of hydrogen-bond acceptors (Lipinski definition) is 3. The fourth-order valence-electron chi connectivity index (χ4n) is 2.89. The highest BCUT2D eigenvalue weighted by Crippen LogP contribution is 2.32. The second-order valence-corrected chi connectivity index (χ2v) is 7.08. The van der Waals surface area contributed by atoms with E-state index < -0.39 is 0 Å². The summed E-state index contributed by atoms with van der Waals surface area (Å²) in [6, 6.07) is 11.0. The number of aryl methyl sites for hydroxylation is 1. The Hall–Kier alpha value is -1.000. The zero-order chi connectivity index (χ0) is 14.5. The predicted molar refractivity (Wildman–Crippen MR) is 90.0 cm³/mol. The SMILES string of the molecule is CC(CCc1ccccc1)N=C1NC2(CCOCC2)CS1. The Morgan fingerprint density at radius 1 is 1.29 bits per heavy atom. The average Bonchev–Trinajstić information content (AvgIpc) is 2.89. The maximum Gasteiger partial charge on any atom is 0.157 e. The van der Waals surface area contributed by atoms with Gasteiger partial charge in [-0.1, -0.05) is 42.1 Å². The average molecular weight is 304 g/mol. The zero-order valence-electron chi connectivity index (χ0n) is 12.7. The van der Waals surface area contributed by atoms with E-state index in [0.717, 1.165) is 49.8 Å². The molecule has 0 bridgehead atoms. The number of ether oxygens (including phenoxy) is 1. The monoisotopic (exact) mass is 304 g/mol. The number of nitrogens with zero attached hydrogens (tertiary/aromatic N) is 1. The molecule has 0 saturated carbocycles. The Bertz CT molecular complexity index is 483. The van der Waals surface area contributed by atoms with Crippen LogP contribution in [0.1, 0.15) is 31.7 Å². The first-order valence-electron chi connectivity index (χ1n) is 7.86. The minimum absolute atomic E-state index is 0.251. The molecule has 0 amide bonds. The molecular formula is C17H24N2OS. The molecule has 1 aromatic carbocycles. The molecule has 2 aliphatic rings. The van der Waals surface area contributed by atoms with Gasteiger partial charge in [-0.05, 0) is 38.2 Å². The molecule has 4 heteroatoms. The van der Waals surface area contributed by atoms with Crippen LogP contribution < -0.4 is 5.32 Å². The zero-order valence-corrected chi connectivity index (χ0v) is 13.5. The van der Waals surface area contributed by atoms with E-state index in [4.69, 9.17) is 9.73 Å². The lowest BCUT2D eigenvalue weighted by Crippen LogP contribution is -2.48. The first-order chi connectivity index (χ1) is 10.3. The van der Waals surface area contributed by atoms with Crippen LogP contribution in [-0.2, 0) is 11.2 Å². The van der Waals surface area contributed by atoms with Crippen LogP contribution in [0.2, 0.25) is 0 Å². The quantitative estimate of drug-likeness (QED) is 0.927. The van der Waals surface area contributed by atoms with Gasteiger partial charge in [0.05, 0.1) is 11.6 Å². The molecule has 0 radical (unpaired) electrons.